The summed E-state index contributed by atoms with van der Waals surface area (Å²) in [7, 11) is 3.01. The molecule has 0 aliphatic carbocycles. The molecule has 160 valence electrons. The summed E-state index contributed by atoms with van der Waals surface area (Å²) in [5.74, 6) is 0.399. The minimum Gasteiger partial charge on any atom is -0.497 e. The Morgan fingerprint density at radius 2 is 1.55 bits per heavy atom. The Morgan fingerprint density at radius 3 is 2.29 bits per heavy atom. The monoisotopic (exact) mass is 421 g/mol. The molecule has 0 fully saturated rings. The van der Waals surface area contributed by atoms with Crippen LogP contribution in [-0.4, -0.2) is 39.3 Å². The van der Waals surface area contributed by atoms with Crippen LogP contribution in [0.3, 0.4) is 0 Å². The van der Waals surface area contributed by atoms with Crippen molar-refractivity contribution in [3.63, 3.8) is 0 Å². The molecular formula is C24H23NO6. The standard InChI is InChI=1S/C24H23NO6/c1-28-18-12-13-22(29-2)20(14-18)25-23(26)15-31-24(27)16-30-21-11-7-6-10-19(21)17-8-4-3-5-9-17/h3-14H,15-16H2,1-2H3,(H,25,26). The molecule has 0 aliphatic rings. The number of esters is 1. The fraction of sp³-hybridized carbons (Fsp3) is 0.167. The Balaban J connectivity index is 1.53. The van der Waals surface area contributed by atoms with Crippen LogP contribution < -0.4 is 19.5 Å². The molecule has 0 atom stereocenters. The average molecular weight is 421 g/mol. The van der Waals surface area contributed by atoms with Crippen LogP contribution in [0.25, 0.3) is 11.1 Å². The lowest BCUT2D eigenvalue weighted by Gasteiger charge is -2.13. The van der Waals surface area contributed by atoms with E-state index < -0.39 is 18.5 Å². The molecule has 31 heavy (non-hydrogen) atoms. The Labute approximate surface area is 180 Å². The number of hydrogen-bond acceptors (Lipinski definition) is 6. The van der Waals surface area contributed by atoms with Crippen molar-refractivity contribution in [2.24, 2.45) is 0 Å². The number of anilines is 1. The Bertz CT molecular complexity index is 1040. The average Bonchev–Trinajstić information content (AvgIpc) is 2.82. The van der Waals surface area contributed by atoms with Crippen molar-refractivity contribution in [2.45, 2.75) is 0 Å². The molecule has 1 N–H and O–H groups in total. The molecule has 0 aliphatic heterocycles. The van der Waals surface area contributed by atoms with Crippen LogP contribution in [0.1, 0.15) is 0 Å². The van der Waals surface area contributed by atoms with Crippen LogP contribution in [-0.2, 0) is 14.3 Å². The zero-order valence-corrected chi connectivity index (χ0v) is 17.3. The van der Waals surface area contributed by atoms with Crippen molar-refractivity contribution in [1.82, 2.24) is 0 Å². The summed E-state index contributed by atoms with van der Waals surface area (Å²) in [6.45, 7) is -0.775. The lowest BCUT2D eigenvalue weighted by atomic mass is 10.1. The maximum absolute atomic E-state index is 12.2. The van der Waals surface area contributed by atoms with Crippen LogP contribution in [0, 0.1) is 0 Å². The minimum absolute atomic E-state index is 0.320. The first-order valence-corrected chi connectivity index (χ1v) is 9.55. The number of benzene rings is 3. The highest BCUT2D eigenvalue weighted by molar-refractivity contribution is 5.94. The topological polar surface area (TPSA) is 83.1 Å². The van der Waals surface area contributed by atoms with E-state index in [4.69, 9.17) is 18.9 Å². The largest absolute Gasteiger partial charge is 0.497 e. The number of hydrogen-bond donors (Lipinski definition) is 1. The molecule has 0 aromatic heterocycles. The zero-order valence-electron chi connectivity index (χ0n) is 17.3. The zero-order chi connectivity index (χ0) is 22.1. The fourth-order valence-corrected chi connectivity index (χ4v) is 2.87. The van der Waals surface area contributed by atoms with Gasteiger partial charge < -0.3 is 24.3 Å². The second-order valence-electron chi connectivity index (χ2n) is 6.43. The van der Waals surface area contributed by atoms with Gasteiger partial charge in [0.2, 0.25) is 0 Å². The van der Waals surface area contributed by atoms with Gasteiger partial charge in [0.05, 0.1) is 19.9 Å². The summed E-state index contributed by atoms with van der Waals surface area (Å²) in [6.07, 6.45) is 0. The molecule has 3 aromatic carbocycles. The summed E-state index contributed by atoms with van der Waals surface area (Å²) in [5.41, 5.74) is 2.24. The Hall–Kier alpha value is -4.00. The quantitative estimate of drug-likeness (QED) is 0.527. The third-order valence-corrected chi connectivity index (χ3v) is 4.36. The van der Waals surface area contributed by atoms with Crippen LogP contribution >= 0.6 is 0 Å². The summed E-state index contributed by atoms with van der Waals surface area (Å²) in [4.78, 5) is 24.2. The van der Waals surface area contributed by atoms with Gasteiger partial charge in [0.1, 0.15) is 17.2 Å². The molecule has 0 unspecified atom stereocenters. The van der Waals surface area contributed by atoms with Gasteiger partial charge >= 0.3 is 5.97 Å². The summed E-state index contributed by atoms with van der Waals surface area (Å²) >= 11 is 0. The fourth-order valence-electron chi connectivity index (χ4n) is 2.87. The maximum atomic E-state index is 12.2. The first kappa shape index (κ1) is 21.7. The van der Waals surface area contributed by atoms with E-state index in [-0.39, 0.29) is 6.61 Å². The summed E-state index contributed by atoms with van der Waals surface area (Å²) < 4.78 is 21.0. The molecule has 0 radical (unpaired) electrons. The minimum atomic E-state index is -0.657. The van der Waals surface area contributed by atoms with Crippen LogP contribution in [0.15, 0.2) is 72.8 Å². The predicted octanol–water partition coefficient (Wildman–Crippen LogP) is 3.93. The normalized spacial score (nSPS) is 10.1. The van der Waals surface area contributed by atoms with Gasteiger partial charge in [-0.15, -0.1) is 0 Å². The van der Waals surface area contributed by atoms with E-state index in [0.29, 0.717) is 22.9 Å². The molecule has 1 amide bonds. The Morgan fingerprint density at radius 1 is 0.806 bits per heavy atom. The molecule has 0 saturated carbocycles. The van der Waals surface area contributed by atoms with Crippen LogP contribution in [0.2, 0.25) is 0 Å². The molecule has 3 aromatic rings. The number of carbonyl (C=O) groups excluding carboxylic acids is 2. The molecule has 7 nitrogen and oxygen atoms in total. The SMILES string of the molecule is COc1ccc(OC)c(NC(=O)COC(=O)COc2ccccc2-c2ccccc2)c1. The number of ether oxygens (including phenoxy) is 4. The molecule has 0 bridgehead atoms. The highest BCUT2D eigenvalue weighted by Crippen LogP contribution is 2.30. The molecule has 7 heteroatoms. The Kier molecular flexibility index (Phi) is 7.48. The van der Waals surface area contributed by atoms with Crippen LogP contribution in [0.4, 0.5) is 5.69 Å². The second-order valence-corrected chi connectivity index (χ2v) is 6.43. The number of carbonyl (C=O) groups is 2. The van der Waals surface area contributed by atoms with Gasteiger partial charge in [-0.05, 0) is 23.8 Å². The summed E-state index contributed by atoms with van der Waals surface area (Å²) in [6, 6.07) is 22.1. The van der Waals surface area contributed by atoms with Gasteiger partial charge in [-0.2, -0.15) is 0 Å². The predicted molar refractivity (Wildman–Crippen MR) is 117 cm³/mol. The lowest BCUT2D eigenvalue weighted by Crippen LogP contribution is -2.24. The van der Waals surface area contributed by atoms with Crippen molar-refractivity contribution in [3.05, 3.63) is 72.8 Å². The van der Waals surface area contributed by atoms with E-state index in [0.717, 1.165) is 11.1 Å². The van der Waals surface area contributed by atoms with Gasteiger partial charge in [-0.3, -0.25) is 4.79 Å². The highest BCUT2D eigenvalue weighted by Gasteiger charge is 2.13. The van der Waals surface area contributed by atoms with Crippen molar-refractivity contribution < 1.29 is 28.5 Å². The number of nitrogens with one attached hydrogen (secondary N) is 1. The third kappa shape index (κ3) is 5.99. The molecule has 0 heterocycles. The van der Waals surface area contributed by atoms with Crippen molar-refractivity contribution in [1.29, 1.82) is 0 Å². The number of para-hydroxylation sites is 1. The van der Waals surface area contributed by atoms with Gasteiger partial charge in [-0.25, -0.2) is 4.79 Å². The summed E-state index contributed by atoms with van der Waals surface area (Å²) in [5, 5.41) is 2.63. The van der Waals surface area contributed by atoms with Gasteiger partial charge in [0.25, 0.3) is 5.91 Å². The maximum Gasteiger partial charge on any atom is 0.344 e. The molecule has 0 saturated heterocycles. The van der Waals surface area contributed by atoms with E-state index in [1.54, 1.807) is 24.3 Å². The number of methoxy groups -OCH3 is 2. The molecular weight excluding hydrogens is 398 g/mol. The molecule has 3 rings (SSSR count). The van der Waals surface area contributed by atoms with Gasteiger partial charge in [0, 0.05) is 11.6 Å². The van der Waals surface area contributed by atoms with Gasteiger partial charge in [-0.1, -0.05) is 48.5 Å². The molecule has 0 spiro atoms. The van der Waals surface area contributed by atoms with E-state index in [1.807, 2.05) is 48.5 Å². The third-order valence-electron chi connectivity index (χ3n) is 4.36. The first-order chi connectivity index (χ1) is 15.1. The van der Waals surface area contributed by atoms with E-state index in [1.165, 1.54) is 14.2 Å². The number of amides is 1. The highest BCUT2D eigenvalue weighted by atomic mass is 16.6. The van der Waals surface area contributed by atoms with Crippen LogP contribution in [0.5, 0.6) is 17.2 Å². The second kappa shape index (κ2) is 10.7. The van der Waals surface area contributed by atoms with Crippen molar-refractivity contribution >= 4 is 17.6 Å². The van der Waals surface area contributed by atoms with Crippen molar-refractivity contribution in [3.8, 4) is 28.4 Å². The lowest BCUT2D eigenvalue weighted by molar-refractivity contribution is -0.149. The smallest absolute Gasteiger partial charge is 0.344 e. The number of rotatable bonds is 9. The van der Waals surface area contributed by atoms with E-state index in [9.17, 15) is 9.59 Å². The van der Waals surface area contributed by atoms with Gasteiger partial charge in [0.15, 0.2) is 13.2 Å². The van der Waals surface area contributed by atoms with Crippen molar-refractivity contribution in [2.75, 3.05) is 32.8 Å². The van der Waals surface area contributed by atoms with E-state index >= 15 is 0 Å². The van der Waals surface area contributed by atoms with E-state index in [2.05, 4.69) is 5.32 Å². The first-order valence-electron chi connectivity index (χ1n) is 9.55.